The molecule has 2 aromatic rings. The zero-order valence-corrected chi connectivity index (χ0v) is 19.1. The van der Waals surface area contributed by atoms with Gasteiger partial charge in [0.2, 0.25) is 0 Å². The molecule has 2 N–H and O–H groups in total. The summed E-state index contributed by atoms with van der Waals surface area (Å²) in [5.41, 5.74) is 11.4. The van der Waals surface area contributed by atoms with E-state index in [1.165, 1.54) is 36.5 Å². The molecule has 32 heavy (non-hydrogen) atoms. The van der Waals surface area contributed by atoms with Crippen molar-refractivity contribution < 1.29 is 18.7 Å². The number of nitrogens with zero attached hydrogens (tertiary/aromatic N) is 3. The second kappa shape index (κ2) is 8.08. The lowest BCUT2D eigenvalue weighted by atomic mass is 9.89. The smallest absolute Gasteiger partial charge is 0.257 e. The van der Waals surface area contributed by atoms with E-state index in [0.29, 0.717) is 44.3 Å². The number of aromatic nitrogens is 1. The molecule has 1 unspecified atom stereocenters. The van der Waals surface area contributed by atoms with Crippen LogP contribution in [-0.4, -0.2) is 60.8 Å². The summed E-state index contributed by atoms with van der Waals surface area (Å²) >= 11 is 0. The molecule has 8 nitrogen and oxygen atoms in total. The van der Waals surface area contributed by atoms with Crippen molar-refractivity contribution in [1.82, 2.24) is 9.88 Å². The molecular formula is C24H32N4O4. The summed E-state index contributed by atoms with van der Waals surface area (Å²) in [5, 5.41) is 0. The largest absolute Gasteiger partial charge is 0.472 e. The number of nitrogen functional groups attached to an aromatic ring is 1. The Bertz CT molecular complexity index is 1000. The lowest BCUT2D eigenvalue weighted by Crippen LogP contribution is -2.57. The second-order valence-electron chi connectivity index (χ2n) is 9.76. The van der Waals surface area contributed by atoms with Crippen molar-refractivity contribution in [2.45, 2.75) is 57.3 Å². The summed E-state index contributed by atoms with van der Waals surface area (Å²) in [5.74, 6) is 1.32. The van der Waals surface area contributed by atoms with Gasteiger partial charge in [-0.25, -0.2) is 4.98 Å². The molecule has 2 fully saturated rings. The SMILES string of the molecule is COCC1CN(c2nc(C3CC3)c3c(c2N)CC(C)(C)OC3)CCN1C(=O)c1ccoc1. The van der Waals surface area contributed by atoms with E-state index in [0.717, 1.165) is 23.6 Å². The van der Waals surface area contributed by atoms with Crippen molar-refractivity contribution in [1.29, 1.82) is 0 Å². The zero-order valence-electron chi connectivity index (χ0n) is 19.1. The Hall–Kier alpha value is -2.58. The summed E-state index contributed by atoms with van der Waals surface area (Å²) in [7, 11) is 1.66. The van der Waals surface area contributed by atoms with Gasteiger partial charge in [0, 0.05) is 44.6 Å². The fraction of sp³-hybridized carbons (Fsp3) is 0.583. The Morgan fingerprint density at radius 1 is 1.31 bits per heavy atom. The first-order valence-electron chi connectivity index (χ1n) is 11.4. The van der Waals surface area contributed by atoms with Crippen molar-refractivity contribution in [3.8, 4) is 0 Å². The first-order chi connectivity index (χ1) is 15.4. The quantitative estimate of drug-likeness (QED) is 0.764. The van der Waals surface area contributed by atoms with Crippen molar-refractivity contribution in [2.24, 2.45) is 0 Å². The number of amides is 1. The number of carbonyl (C=O) groups is 1. The minimum absolute atomic E-state index is 0.0376. The van der Waals surface area contributed by atoms with Crippen LogP contribution in [0.2, 0.25) is 0 Å². The van der Waals surface area contributed by atoms with Gasteiger partial charge in [0.15, 0.2) is 5.82 Å². The predicted molar refractivity (Wildman–Crippen MR) is 121 cm³/mol. The summed E-state index contributed by atoms with van der Waals surface area (Å²) < 4.78 is 16.7. The Morgan fingerprint density at radius 3 is 2.81 bits per heavy atom. The molecule has 0 aromatic carbocycles. The van der Waals surface area contributed by atoms with E-state index in [9.17, 15) is 4.79 Å². The number of carbonyl (C=O) groups excluding carboxylic acids is 1. The van der Waals surface area contributed by atoms with Crippen LogP contribution in [0.1, 0.15) is 59.8 Å². The van der Waals surface area contributed by atoms with Gasteiger partial charge in [-0.2, -0.15) is 0 Å². The summed E-state index contributed by atoms with van der Waals surface area (Å²) in [4.78, 5) is 22.2. The van der Waals surface area contributed by atoms with Gasteiger partial charge in [0.05, 0.1) is 48.1 Å². The normalized spacial score (nSPS) is 22.7. The average molecular weight is 441 g/mol. The first-order valence-corrected chi connectivity index (χ1v) is 11.4. The lowest BCUT2D eigenvalue weighted by molar-refractivity contribution is -0.0404. The van der Waals surface area contributed by atoms with E-state index in [1.54, 1.807) is 13.2 Å². The second-order valence-corrected chi connectivity index (χ2v) is 9.76. The van der Waals surface area contributed by atoms with E-state index < -0.39 is 0 Å². The van der Waals surface area contributed by atoms with Crippen molar-refractivity contribution >= 4 is 17.4 Å². The van der Waals surface area contributed by atoms with Crippen LogP contribution in [0.25, 0.3) is 0 Å². The third kappa shape index (κ3) is 3.86. The molecular weight excluding hydrogens is 408 g/mol. The van der Waals surface area contributed by atoms with Gasteiger partial charge in [-0.15, -0.1) is 0 Å². The van der Waals surface area contributed by atoms with Gasteiger partial charge >= 0.3 is 0 Å². The standard InChI is InChI=1S/C24H32N4O4/c1-24(2)10-18-19(14-32-24)21(15-4-5-15)26-22(20(18)25)27-7-8-28(17(11-27)13-30-3)23(29)16-6-9-31-12-16/h6,9,12,15,17H,4-5,7-8,10-11,13-14,25H2,1-3H3. The third-order valence-corrected chi connectivity index (χ3v) is 6.81. The highest BCUT2D eigenvalue weighted by Crippen LogP contribution is 2.46. The van der Waals surface area contributed by atoms with Crippen molar-refractivity contribution in [3.05, 3.63) is 41.0 Å². The van der Waals surface area contributed by atoms with Gasteiger partial charge in [-0.05, 0) is 38.3 Å². The van der Waals surface area contributed by atoms with Crippen LogP contribution in [-0.2, 0) is 22.5 Å². The number of hydrogen-bond acceptors (Lipinski definition) is 7. The van der Waals surface area contributed by atoms with Crippen molar-refractivity contribution in [3.63, 3.8) is 0 Å². The first kappa shape index (κ1) is 21.3. The number of hydrogen-bond donors (Lipinski definition) is 1. The summed E-state index contributed by atoms with van der Waals surface area (Å²) in [6.07, 6.45) is 6.14. The maximum Gasteiger partial charge on any atom is 0.257 e. The summed E-state index contributed by atoms with van der Waals surface area (Å²) in [6, 6.07) is 1.60. The number of nitrogens with two attached hydrogens (primary N) is 1. The molecule has 1 saturated carbocycles. The zero-order chi connectivity index (χ0) is 22.5. The lowest BCUT2D eigenvalue weighted by Gasteiger charge is -2.42. The monoisotopic (exact) mass is 440 g/mol. The van der Waals surface area contributed by atoms with Gasteiger partial charge in [0.25, 0.3) is 5.91 Å². The van der Waals surface area contributed by atoms with Gasteiger partial charge in [-0.3, -0.25) is 4.79 Å². The third-order valence-electron chi connectivity index (χ3n) is 6.81. The van der Waals surface area contributed by atoms with Crippen LogP contribution in [0.5, 0.6) is 0 Å². The molecule has 2 aromatic heterocycles. The predicted octanol–water partition coefficient (Wildman–Crippen LogP) is 2.96. The van der Waals surface area contributed by atoms with E-state index in [4.69, 9.17) is 24.6 Å². The topological polar surface area (TPSA) is 94.1 Å². The molecule has 1 amide bonds. The molecule has 1 aliphatic carbocycles. The minimum atomic E-state index is -0.241. The van der Waals surface area contributed by atoms with Crippen LogP contribution in [0.15, 0.2) is 23.0 Å². The Kier molecular flexibility index (Phi) is 5.37. The maximum atomic E-state index is 13.0. The van der Waals surface area contributed by atoms with E-state index >= 15 is 0 Å². The highest BCUT2D eigenvalue weighted by atomic mass is 16.5. The fourth-order valence-electron chi connectivity index (χ4n) is 4.94. The number of pyridine rings is 1. The molecule has 1 atom stereocenters. The molecule has 0 radical (unpaired) electrons. The Balaban J connectivity index is 1.46. The van der Waals surface area contributed by atoms with Crippen molar-refractivity contribution in [2.75, 3.05) is 44.0 Å². The molecule has 3 aliphatic rings. The fourth-order valence-corrected chi connectivity index (χ4v) is 4.94. The number of piperazine rings is 1. The Labute approximate surface area is 188 Å². The molecule has 0 bridgehead atoms. The molecule has 0 spiro atoms. The summed E-state index contributed by atoms with van der Waals surface area (Å²) in [6.45, 7) is 7.11. The van der Waals surface area contributed by atoms with Crippen LogP contribution < -0.4 is 10.6 Å². The van der Waals surface area contributed by atoms with Crippen LogP contribution >= 0.6 is 0 Å². The van der Waals surface area contributed by atoms with E-state index in [2.05, 4.69) is 18.7 Å². The van der Waals surface area contributed by atoms with Crippen LogP contribution in [0, 0.1) is 0 Å². The number of ether oxygens (including phenoxy) is 2. The highest BCUT2D eigenvalue weighted by Gasteiger charge is 2.38. The molecule has 4 heterocycles. The van der Waals surface area contributed by atoms with Gasteiger partial charge in [0.1, 0.15) is 6.26 Å². The number of furan rings is 1. The number of anilines is 2. The van der Waals surface area contributed by atoms with E-state index in [1.807, 2.05) is 4.90 Å². The van der Waals surface area contributed by atoms with Crippen LogP contribution in [0.3, 0.4) is 0 Å². The molecule has 8 heteroatoms. The number of fused-ring (bicyclic) bond motifs is 1. The molecule has 1 saturated heterocycles. The van der Waals surface area contributed by atoms with Gasteiger partial charge < -0.3 is 29.4 Å². The number of rotatable bonds is 5. The van der Waals surface area contributed by atoms with E-state index in [-0.39, 0.29) is 17.6 Å². The molecule has 172 valence electrons. The molecule has 2 aliphatic heterocycles. The molecule has 5 rings (SSSR count). The van der Waals surface area contributed by atoms with Gasteiger partial charge in [-0.1, -0.05) is 0 Å². The highest BCUT2D eigenvalue weighted by molar-refractivity contribution is 5.94. The maximum absolute atomic E-state index is 13.0. The van der Waals surface area contributed by atoms with Crippen LogP contribution in [0.4, 0.5) is 11.5 Å². The average Bonchev–Trinajstić information content (AvgIpc) is 3.46. The minimum Gasteiger partial charge on any atom is -0.472 e. The number of methoxy groups -OCH3 is 1. The Morgan fingerprint density at radius 2 is 2.12 bits per heavy atom.